The van der Waals surface area contributed by atoms with Gasteiger partial charge in [-0.2, -0.15) is 0 Å². The van der Waals surface area contributed by atoms with E-state index in [1.165, 1.54) is 0 Å². The molecule has 2 aromatic heterocycles. The largest absolute Gasteiger partial charge is 0.469 e. The molecule has 3 aromatic rings. The van der Waals surface area contributed by atoms with E-state index in [9.17, 15) is 5.11 Å². The van der Waals surface area contributed by atoms with E-state index < -0.39 is 0 Å². The van der Waals surface area contributed by atoms with E-state index in [-0.39, 0.29) is 6.61 Å². The molecule has 0 aliphatic rings. The van der Waals surface area contributed by atoms with E-state index >= 15 is 0 Å². The Morgan fingerprint density at radius 3 is 2.76 bits per heavy atom. The molecule has 108 valence electrons. The van der Waals surface area contributed by atoms with Crippen LogP contribution in [0.25, 0.3) is 10.9 Å². The monoisotopic (exact) mass is 282 g/mol. The summed E-state index contributed by atoms with van der Waals surface area (Å²) in [5, 5.41) is 10.5. The number of benzene rings is 1. The van der Waals surface area contributed by atoms with Crippen molar-refractivity contribution in [3.8, 4) is 0 Å². The van der Waals surface area contributed by atoms with Crippen LogP contribution < -0.4 is 4.90 Å². The first-order chi connectivity index (χ1) is 10.2. The Morgan fingerprint density at radius 2 is 2.05 bits per heavy atom. The first-order valence-corrected chi connectivity index (χ1v) is 6.92. The van der Waals surface area contributed by atoms with Crippen molar-refractivity contribution >= 4 is 16.6 Å². The molecule has 4 heteroatoms. The van der Waals surface area contributed by atoms with Crippen LogP contribution in [0.5, 0.6) is 0 Å². The molecule has 1 aromatic carbocycles. The van der Waals surface area contributed by atoms with E-state index in [2.05, 4.69) is 16.0 Å². The standard InChI is InChI=1S/C17H18N2O2/c1-12-13(7-8-21-12)10-19(2)17-9-14(11-20)18-16-6-4-3-5-15(16)17/h3-9,20H,10-11H2,1-2H3. The second-order valence-electron chi connectivity index (χ2n) is 5.17. The average Bonchev–Trinajstić information content (AvgIpc) is 2.91. The highest BCUT2D eigenvalue weighted by Crippen LogP contribution is 2.27. The van der Waals surface area contributed by atoms with Crippen LogP contribution in [0.4, 0.5) is 5.69 Å². The lowest BCUT2D eigenvalue weighted by atomic mass is 10.1. The van der Waals surface area contributed by atoms with Gasteiger partial charge in [-0.05, 0) is 25.1 Å². The molecule has 0 atom stereocenters. The van der Waals surface area contributed by atoms with Crippen molar-refractivity contribution in [1.29, 1.82) is 0 Å². The van der Waals surface area contributed by atoms with Crippen LogP contribution in [0.15, 0.2) is 47.1 Å². The minimum atomic E-state index is -0.0591. The van der Waals surface area contributed by atoms with Gasteiger partial charge >= 0.3 is 0 Å². The van der Waals surface area contributed by atoms with E-state index in [0.717, 1.165) is 34.5 Å². The summed E-state index contributed by atoms with van der Waals surface area (Å²) < 4.78 is 5.35. The molecule has 4 nitrogen and oxygen atoms in total. The van der Waals surface area contributed by atoms with Crippen molar-refractivity contribution < 1.29 is 9.52 Å². The SMILES string of the molecule is Cc1occc1CN(C)c1cc(CO)nc2ccccc12. The van der Waals surface area contributed by atoms with E-state index in [0.29, 0.717) is 5.69 Å². The van der Waals surface area contributed by atoms with Crippen LogP contribution in [0.3, 0.4) is 0 Å². The Balaban J connectivity index is 2.04. The fraction of sp³-hybridized carbons (Fsp3) is 0.235. The first-order valence-electron chi connectivity index (χ1n) is 6.92. The van der Waals surface area contributed by atoms with Gasteiger partial charge in [0.2, 0.25) is 0 Å². The Kier molecular flexibility index (Phi) is 3.62. The maximum atomic E-state index is 9.41. The molecular weight excluding hydrogens is 264 g/mol. The molecule has 0 radical (unpaired) electrons. The number of aliphatic hydroxyl groups is 1. The molecule has 0 aliphatic heterocycles. The van der Waals surface area contributed by atoms with Gasteiger partial charge < -0.3 is 14.4 Å². The topological polar surface area (TPSA) is 49.5 Å². The second kappa shape index (κ2) is 5.58. The number of fused-ring (bicyclic) bond motifs is 1. The van der Waals surface area contributed by atoms with E-state index in [1.54, 1.807) is 6.26 Å². The number of rotatable bonds is 4. The number of aliphatic hydroxyl groups excluding tert-OH is 1. The minimum Gasteiger partial charge on any atom is -0.469 e. The number of anilines is 1. The molecule has 3 rings (SSSR count). The highest BCUT2D eigenvalue weighted by atomic mass is 16.3. The van der Waals surface area contributed by atoms with Gasteiger partial charge in [0.1, 0.15) is 5.76 Å². The van der Waals surface area contributed by atoms with Crippen molar-refractivity contribution in [2.24, 2.45) is 0 Å². The van der Waals surface area contributed by atoms with E-state index in [1.807, 2.05) is 44.3 Å². The average molecular weight is 282 g/mol. The molecular formula is C17H18N2O2. The van der Waals surface area contributed by atoms with Gasteiger partial charge in [-0.25, -0.2) is 0 Å². The molecule has 0 fully saturated rings. The molecule has 2 heterocycles. The maximum absolute atomic E-state index is 9.41. The van der Waals surface area contributed by atoms with Crippen LogP contribution >= 0.6 is 0 Å². The van der Waals surface area contributed by atoms with Crippen molar-refractivity contribution in [3.63, 3.8) is 0 Å². The third kappa shape index (κ3) is 2.62. The predicted octanol–water partition coefficient (Wildman–Crippen LogP) is 3.26. The number of para-hydroxylation sites is 1. The van der Waals surface area contributed by atoms with Crippen LogP contribution in [-0.2, 0) is 13.2 Å². The van der Waals surface area contributed by atoms with Crippen LogP contribution in [0.2, 0.25) is 0 Å². The minimum absolute atomic E-state index is 0.0591. The lowest BCUT2D eigenvalue weighted by Gasteiger charge is -2.21. The Labute approximate surface area is 123 Å². The molecule has 0 saturated heterocycles. The molecule has 0 unspecified atom stereocenters. The third-order valence-electron chi connectivity index (χ3n) is 3.69. The van der Waals surface area contributed by atoms with Gasteiger partial charge in [0.15, 0.2) is 0 Å². The van der Waals surface area contributed by atoms with Crippen LogP contribution in [0, 0.1) is 6.92 Å². The van der Waals surface area contributed by atoms with Gasteiger partial charge in [-0.3, -0.25) is 4.98 Å². The fourth-order valence-electron chi connectivity index (χ4n) is 2.52. The zero-order chi connectivity index (χ0) is 14.8. The summed E-state index contributed by atoms with van der Waals surface area (Å²) in [6.45, 7) is 2.66. The molecule has 0 amide bonds. The van der Waals surface area contributed by atoms with Crippen LogP contribution in [-0.4, -0.2) is 17.1 Å². The quantitative estimate of drug-likeness (QED) is 0.798. The Bertz CT molecular complexity index is 764. The van der Waals surface area contributed by atoms with Gasteiger partial charge in [0.25, 0.3) is 0 Å². The number of furan rings is 1. The normalized spacial score (nSPS) is 11.0. The number of nitrogens with zero attached hydrogens (tertiary/aromatic N) is 2. The van der Waals surface area contributed by atoms with Crippen molar-refractivity contribution in [2.45, 2.75) is 20.1 Å². The Hall–Kier alpha value is -2.33. The lowest BCUT2D eigenvalue weighted by Crippen LogP contribution is -2.17. The smallest absolute Gasteiger partial charge is 0.105 e. The molecule has 0 bridgehead atoms. The zero-order valence-corrected chi connectivity index (χ0v) is 12.2. The highest BCUT2D eigenvalue weighted by Gasteiger charge is 2.11. The number of hydrogen-bond acceptors (Lipinski definition) is 4. The van der Waals surface area contributed by atoms with Gasteiger partial charge in [-0.15, -0.1) is 0 Å². The summed E-state index contributed by atoms with van der Waals surface area (Å²) in [6.07, 6.45) is 1.71. The fourth-order valence-corrected chi connectivity index (χ4v) is 2.52. The Morgan fingerprint density at radius 1 is 1.24 bits per heavy atom. The zero-order valence-electron chi connectivity index (χ0n) is 12.2. The summed E-state index contributed by atoms with van der Waals surface area (Å²) in [5.41, 5.74) is 3.79. The van der Waals surface area contributed by atoms with Gasteiger partial charge in [0, 0.05) is 30.2 Å². The van der Waals surface area contributed by atoms with Crippen molar-refractivity contribution in [3.05, 3.63) is 59.7 Å². The number of pyridine rings is 1. The summed E-state index contributed by atoms with van der Waals surface area (Å²) in [6, 6.07) is 11.9. The van der Waals surface area contributed by atoms with Crippen LogP contribution in [0.1, 0.15) is 17.0 Å². The molecule has 0 aliphatic carbocycles. The first kappa shape index (κ1) is 13.6. The summed E-state index contributed by atoms with van der Waals surface area (Å²) >= 11 is 0. The number of aryl methyl sites for hydroxylation is 1. The molecule has 21 heavy (non-hydrogen) atoms. The summed E-state index contributed by atoms with van der Waals surface area (Å²) in [4.78, 5) is 6.61. The maximum Gasteiger partial charge on any atom is 0.105 e. The lowest BCUT2D eigenvalue weighted by molar-refractivity contribution is 0.277. The van der Waals surface area contributed by atoms with Gasteiger partial charge in [0.05, 0.1) is 24.1 Å². The number of aromatic nitrogens is 1. The number of hydrogen-bond donors (Lipinski definition) is 1. The summed E-state index contributed by atoms with van der Waals surface area (Å²) in [5.74, 6) is 0.933. The predicted molar refractivity (Wildman–Crippen MR) is 83.2 cm³/mol. The molecule has 0 saturated carbocycles. The van der Waals surface area contributed by atoms with Gasteiger partial charge in [-0.1, -0.05) is 18.2 Å². The summed E-state index contributed by atoms with van der Waals surface area (Å²) in [7, 11) is 2.04. The second-order valence-corrected chi connectivity index (χ2v) is 5.17. The van der Waals surface area contributed by atoms with Crippen molar-refractivity contribution in [1.82, 2.24) is 4.98 Å². The molecule has 0 spiro atoms. The van der Waals surface area contributed by atoms with Crippen molar-refractivity contribution in [2.75, 3.05) is 11.9 Å². The molecule has 1 N–H and O–H groups in total. The van der Waals surface area contributed by atoms with E-state index in [4.69, 9.17) is 4.42 Å². The highest BCUT2D eigenvalue weighted by molar-refractivity contribution is 5.91. The third-order valence-corrected chi connectivity index (χ3v) is 3.69.